The lowest BCUT2D eigenvalue weighted by Crippen LogP contribution is -2.24. The van der Waals surface area contributed by atoms with E-state index in [1.165, 1.54) is 6.21 Å². The summed E-state index contributed by atoms with van der Waals surface area (Å²) in [7, 11) is 3.13. The Labute approximate surface area is 185 Å². The van der Waals surface area contributed by atoms with Crippen LogP contribution < -0.4 is 19.6 Å². The Bertz CT molecular complexity index is 1070. The van der Waals surface area contributed by atoms with Gasteiger partial charge >= 0.3 is 0 Å². The molecule has 0 unspecified atom stereocenters. The third-order valence-corrected chi connectivity index (χ3v) is 5.38. The van der Waals surface area contributed by atoms with Crippen LogP contribution in [0.4, 0.5) is 0 Å². The van der Waals surface area contributed by atoms with Crippen LogP contribution in [0, 0.1) is 0 Å². The maximum Gasteiger partial charge on any atom is 0.277 e. The molecule has 0 saturated carbocycles. The van der Waals surface area contributed by atoms with E-state index in [2.05, 4.69) is 42.4 Å². The van der Waals surface area contributed by atoms with Crippen molar-refractivity contribution in [3.05, 3.63) is 63.0 Å². The molecule has 0 aliphatic heterocycles. The average Bonchev–Trinajstić information content (AvgIpc) is 2.73. The number of hydrazone groups is 1. The summed E-state index contributed by atoms with van der Waals surface area (Å²) >= 11 is 7.00. The number of halogens is 2. The second kappa shape index (κ2) is 9.76. The third-order valence-electron chi connectivity index (χ3n) is 4.07. The molecule has 8 heteroatoms. The fourth-order valence-corrected chi connectivity index (χ4v) is 3.62. The number of carbonyl (C=O) groups is 1. The molecular weight excluding hydrogens is 504 g/mol. The molecule has 0 spiro atoms. The van der Waals surface area contributed by atoms with E-state index in [0.717, 1.165) is 19.7 Å². The molecule has 3 aromatic rings. The van der Waals surface area contributed by atoms with Crippen molar-refractivity contribution in [2.75, 3.05) is 20.8 Å². The lowest BCUT2D eigenvalue weighted by molar-refractivity contribution is -0.123. The molecule has 0 atom stereocenters. The number of rotatable bonds is 7. The summed E-state index contributed by atoms with van der Waals surface area (Å²) in [4.78, 5) is 12.1. The number of hydrogen-bond donors (Lipinski definition) is 1. The number of ether oxygens (including phenoxy) is 3. The van der Waals surface area contributed by atoms with E-state index in [1.807, 2.05) is 30.3 Å². The summed E-state index contributed by atoms with van der Waals surface area (Å²) in [5.74, 6) is 1.46. The van der Waals surface area contributed by atoms with Crippen molar-refractivity contribution in [3.63, 3.8) is 0 Å². The SMILES string of the molecule is COc1ccc(/C=N/NC(=O)COc2ccc3cc(Br)ccc3c2Br)c(OC)c1. The molecule has 0 heterocycles. The molecule has 150 valence electrons. The molecule has 0 saturated heterocycles. The van der Waals surface area contributed by atoms with Crippen molar-refractivity contribution in [2.24, 2.45) is 5.10 Å². The topological polar surface area (TPSA) is 69.2 Å². The monoisotopic (exact) mass is 520 g/mol. The van der Waals surface area contributed by atoms with Crippen LogP contribution in [0.5, 0.6) is 17.2 Å². The summed E-state index contributed by atoms with van der Waals surface area (Å²) in [6, 6.07) is 15.0. The van der Waals surface area contributed by atoms with E-state index in [-0.39, 0.29) is 12.5 Å². The molecule has 0 radical (unpaired) electrons. The highest BCUT2D eigenvalue weighted by atomic mass is 79.9. The Morgan fingerprint density at radius 2 is 1.86 bits per heavy atom. The smallest absolute Gasteiger partial charge is 0.277 e. The van der Waals surface area contributed by atoms with Crippen molar-refractivity contribution in [1.29, 1.82) is 0 Å². The fraction of sp³-hybridized carbons (Fsp3) is 0.143. The average molecular weight is 522 g/mol. The number of amides is 1. The first kappa shape index (κ1) is 21.1. The third kappa shape index (κ3) is 5.27. The van der Waals surface area contributed by atoms with Crippen LogP contribution in [-0.4, -0.2) is 32.9 Å². The standard InChI is InChI=1S/C21H18Br2N2O4/c1-27-16-6-3-14(19(10-16)28-2)11-24-25-20(26)12-29-18-8-4-13-9-15(22)5-7-17(13)21(18)23/h3-11H,12H2,1-2H3,(H,25,26)/b24-11+. The van der Waals surface area contributed by atoms with E-state index < -0.39 is 0 Å². The second-order valence-electron chi connectivity index (χ2n) is 5.93. The molecule has 0 aromatic heterocycles. The van der Waals surface area contributed by atoms with Crippen LogP contribution in [0.25, 0.3) is 10.8 Å². The van der Waals surface area contributed by atoms with Crippen molar-refractivity contribution < 1.29 is 19.0 Å². The maximum atomic E-state index is 12.1. The van der Waals surface area contributed by atoms with Gasteiger partial charge in [0.2, 0.25) is 0 Å². The first-order valence-electron chi connectivity index (χ1n) is 8.56. The van der Waals surface area contributed by atoms with Crippen LogP contribution in [-0.2, 0) is 4.79 Å². The minimum Gasteiger partial charge on any atom is -0.497 e. The number of methoxy groups -OCH3 is 2. The zero-order valence-electron chi connectivity index (χ0n) is 15.7. The number of benzene rings is 3. The molecule has 1 N–H and O–H groups in total. The van der Waals surface area contributed by atoms with E-state index in [0.29, 0.717) is 22.8 Å². The Balaban J connectivity index is 1.60. The van der Waals surface area contributed by atoms with Gasteiger partial charge in [0.25, 0.3) is 5.91 Å². The van der Waals surface area contributed by atoms with Gasteiger partial charge in [-0.05, 0) is 57.0 Å². The number of fused-ring (bicyclic) bond motifs is 1. The van der Waals surface area contributed by atoms with Gasteiger partial charge in [-0.15, -0.1) is 0 Å². The minimum atomic E-state index is -0.378. The maximum absolute atomic E-state index is 12.1. The van der Waals surface area contributed by atoms with Gasteiger partial charge in [-0.1, -0.05) is 28.1 Å². The highest BCUT2D eigenvalue weighted by molar-refractivity contribution is 9.11. The largest absolute Gasteiger partial charge is 0.497 e. The Morgan fingerprint density at radius 3 is 2.62 bits per heavy atom. The van der Waals surface area contributed by atoms with Gasteiger partial charge in [-0.25, -0.2) is 5.43 Å². The molecule has 3 aromatic carbocycles. The van der Waals surface area contributed by atoms with Gasteiger partial charge in [0.05, 0.1) is 24.9 Å². The van der Waals surface area contributed by atoms with Crippen LogP contribution in [0.3, 0.4) is 0 Å². The normalized spacial score (nSPS) is 10.9. The molecule has 0 bridgehead atoms. The van der Waals surface area contributed by atoms with E-state index in [9.17, 15) is 4.79 Å². The predicted octanol–water partition coefficient (Wildman–Crippen LogP) is 4.91. The van der Waals surface area contributed by atoms with Gasteiger partial charge in [0.1, 0.15) is 17.2 Å². The van der Waals surface area contributed by atoms with Crippen molar-refractivity contribution in [1.82, 2.24) is 5.43 Å². The zero-order chi connectivity index (χ0) is 20.8. The van der Waals surface area contributed by atoms with Crippen molar-refractivity contribution in [2.45, 2.75) is 0 Å². The molecule has 3 rings (SSSR count). The number of carbonyl (C=O) groups excluding carboxylic acids is 1. The van der Waals surface area contributed by atoms with Gasteiger partial charge in [-0.3, -0.25) is 4.79 Å². The first-order valence-corrected chi connectivity index (χ1v) is 10.1. The number of nitrogens with zero attached hydrogens (tertiary/aromatic N) is 1. The summed E-state index contributed by atoms with van der Waals surface area (Å²) in [5, 5.41) is 6.01. The van der Waals surface area contributed by atoms with E-state index in [1.54, 1.807) is 32.4 Å². The number of nitrogens with one attached hydrogen (secondary N) is 1. The Morgan fingerprint density at radius 1 is 1.03 bits per heavy atom. The van der Waals surface area contributed by atoms with Crippen LogP contribution in [0.2, 0.25) is 0 Å². The van der Waals surface area contributed by atoms with Gasteiger partial charge < -0.3 is 14.2 Å². The van der Waals surface area contributed by atoms with Gasteiger partial charge in [0.15, 0.2) is 6.61 Å². The summed E-state index contributed by atoms with van der Waals surface area (Å²) in [6.45, 7) is -0.169. The van der Waals surface area contributed by atoms with Crippen LogP contribution >= 0.6 is 31.9 Å². The summed E-state index contributed by atoms with van der Waals surface area (Å²) in [5.41, 5.74) is 3.15. The number of hydrogen-bond acceptors (Lipinski definition) is 5. The lowest BCUT2D eigenvalue weighted by atomic mass is 10.1. The Hall–Kier alpha value is -2.58. The van der Waals surface area contributed by atoms with Crippen LogP contribution in [0.15, 0.2) is 62.6 Å². The highest BCUT2D eigenvalue weighted by Crippen LogP contribution is 2.34. The minimum absolute atomic E-state index is 0.169. The fourth-order valence-electron chi connectivity index (χ4n) is 2.63. The zero-order valence-corrected chi connectivity index (χ0v) is 18.9. The molecule has 0 aliphatic rings. The molecule has 0 fully saturated rings. The molecule has 0 aliphatic carbocycles. The molecule has 29 heavy (non-hydrogen) atoms. The lowest BCUT2D eigenvalue weighted by Gasteiger charge is -2.10. The highest BCUT2D eigenvalue weighted by Gasteiger charge is 2.09. The predicted molar refractivity (Wildman–Crippen MR) is 120 cm³/mol. The second-order valence-corrected chi connectivity index (χ2v) is 7.64. The molecule has 1 amide bonds. The van der Waals surface area contributed by atoms with Crippen LogP contribution in [0.1, 0.15) is 5.56 Å². The molecular formula is C21H18Br2N2O4. The van der Waals surface area contributed by atoms with E-state index in [4.69, 9.17) is 14.2 Å². The molecule has 6 nitrogen and oxygen atoms in total. The Kier molecular flexibility index (Phi) is 7.11. The summed E-state index contributed by atoms with van der Waals surface area (Å²) in [6.07, 6.45) is 1.50. The van der Waals surface area contributed by atoms with Gasteiger partial charge in [0, 0.05) is 16.1 Å². The first-order chi connectivity index (χ1) is 14.0. The summed E-state index contributed by atoms with van der Waals surface area (Å²) < 4.78 is 17.9. The van der Waals surface area contributed by atoms with Gasteiger partial charge in [-0.2, -0.15) is 5.10 Å². The van der Waals surface area contributed by atoms with Crippen molar-refractivity contribution in [3.8, 4) is 17.2 Å². The quantitative estimate of drug-likeness (QED) is 0.354. The van der Waals surface area contributed by atoms with Crippen molar-refractivity contribution >= 4 is 54.8 Å². The van der Waals surface area contributed by atoms with E-state index >= 15 is 0 Å².